The summed E-state index contributed by atoms with van der Waals surface area (Å²) in [7, 11) is 0. The molecule has 0 radical (unpaired) electrons. The summed E-state index contributed by atoms with van der Waals surface area (Å²) in [5, 5.41) is 0. The smallest absolute Gasteiger partial charge is 0.167 e. The summed E-state index contributed by atoms with van der Waals surface area (Å²) < 4.78 is 2.33. The van der Waals surface area contributed by atoms with Crippen molar-refractivity contribution in [1.82, 2.24) is 0 Å². The van der Waals surface area contributed by atoms with Crippen LogP contribution in [0.2, 0.25) is 0 Å². The highest BCUT2D eigenvalue weighted by Crippen LogP contribution is 2.40. The van der Waals surface area contributed by atoms with Gasteiger partial charge in [0.2, 0.25) is 5.69 Å². The molecule has 0 unspecified atom stereocenters. The van der Waals surface area contributed by atoms with E-state index in [0.29, 0.717) is 0 Å². The Hall–Kier alpha value is -1.89. The monoisotopic (exact) mass is 306 g/mol. The minimum atomic E-state index is 0.145. The third kappa shape index (κ3) is 2.85. The Kier molecular flexibility index (Phi) is 4.66. The van der Waals surface area contributed by atoms with Crippen molar-refractivity contribution in [2.24, 2.45) is 0 Å². The maximum atomic E-state index is 2.42. The lowest BCUT2D eigenvalue weighted by molar-refractivity contribution is -0.556. The van der Waals surface area contributed by atoms with Gasteiger partial charge < -0.3 is 0 Å². The highest BCUT2D eigenvalue weighted by molar-refractivity contribution is 5.66. The van der Waals surface area contributed by atoms with Crippen molar-refractivity contribution >= 4 is 6.20 Å². The summed E-state index contributed by atoms with van der Waals surface area (Å²) in [5.41, 5.74) is 5.72. The van der Waals surface area contributed by atoms with Crippen molar-refractivity contribution in [1.29, 1.82) is 0 Å². The highest BCUT2D eigenvalue weighted by Gasteiger charge is 2.33. The molecular formula is C22H28N+. The zero-order valence-electron chi connectivity index (χ0n) is 14.7. The van der Waals surface area contributed by atoms with Gasteiger partial charge in [0.15, 0.2) is 12.4 Å². The Morgan fingerprint density at radius 3 is 2.48 bits per heavy atom. The number of nitrogens with zero attached hydrogens (tertiary/aromatic N) is 1. The molecule has 0 saturated heterocycles. The number of benzene rings is 1. The third-order valence-electron chi connectivity index (χ3n) is 5.41. The van der Waals surface area contributed by atoms with Crippen LogP contribution in [0.5, 0.6) is 0 Å². The van der Waals surface area contributed by atoms with E-state index in [2.05, 4.69) is 80.2 Å². The van der Waals surface area contributed by atoms with E-state index >= 15 is 0 Å². The molecule has 0 fully saturated rings. The van der Waals surface area contributed by atoms with E-state index < -0.39 is 0 Å². The molecule has 1 heteroatoms. The van der Waals surface area contributed by atoms with Crippen molar-refractivity contribution in [3.05, 3.63) is 59.8 Å². The molecule has 0 amide bonds. The molecule has 0 spiro atoms. The molecule has 120 valence electrons. The minimum absolute atomic E-state index is 0.145. The molecule has 1 aromatic heterocycles. The molecule has 3 rings (SSSR count). The van der Waals surface area contributed by atoms with Crippen LogP contribution in [-0.2, 0) is 11.8 Å². The number of unbranched alkanes of at least 4 members (excludes halogenated alkanes) is 1. The first-order valence-electron chi connectivity index (χ1n) is 9.07. The zero-order valence-corrected chi connectivity index (χ0v) is 14.7. The average Bonchev–Trinajstić information content (AvgIpc) is 2.75. The number of aromatic nitrogens is 1. The Balaban J connectivity index is 2.16. The van der Waals surface area contributed by atoms with E-state index in [-0.39, 0.29) is 5.41 Å². The number of allylic oxidation sites excluding steroid dienone is 1. The first kappa shape index (κ1) is 16.0. The molecule has 1 nitrogen and oxygen atoms in total. The Bertz CT molecular complexity index is 708. The van der Waals surface area contributed by atoms with Gasteiger partial charge in [-0.2, -0.15) is 4.57 Å². The average molecular weight is 306 g/mol. The molecule has 23 heavy (non-hydrogen) atoms. The first-order valence-corrected chi connectivity index (χ1v) is 9.07. The summed E-state index contributed by atoms with van der Waals surface area (Å²) in [4.78, 5) is 0. The maximum Gasteiger partial charge on any atom is 0.218 e. The van der Waals surface area contributed by atoms with Crippen molar-refractivity contribution in [2.75, 3.05) is 0 Å². The number of aryl methyl sites for hydroxylation is 1. The molecule has 1 aromatic carbocycles. The Morgan fingerprint density at radius 1 is 0.957 bits per heavy atom. The van der Waals surface area contributed by atoms with Gasteiger partial charge in [-0.1, -0.05) is 45.4 Å². The third-order valence-corrected chi connectivity index (χ3v) is 5.41. The first-order chi connectivity index (χ1) is 11.2. The zero-order chi connectivity index (χ0) is 16.3. The SMILES string of the molecule is CCCCc1ccc2[n+](c1)C=CC(CC)(CC)c1ccccc1-2. The molecule has 1 aliphatic rings. The molecule has 2 heterocycles. The van der Waals surface area contributed by atoms with Crippen LogP contribution < -0.4 is 4.57 Å². The van der Waals surface area contributed by atoms with E-state index in [1.807, 2.05) is 0 Å². The van der Waals surface area contributed by atoms with Gasteiger partial charge in [-0.15, -0.1) is 0 Å². The van der Waals surface area contributed by atoms with E-state index in [1.54, 1.807) is 0 Å². The van der Waals surface area contributed by atoms with Crippen molar-refractivity contribution in [3.63, 3.8) is 0 Å². The molecule has 0 saturated carbocycles. The molecule has 2 aromatic rings. The van der Waals surface area contributed by atoms with Crippen molar-refractivity contribution in [3.8, 4) is 11.3 Å². The van der Waals surface area contributed by atoms with E-state index in [4.69, 9.17) is 0 Å². The summed E-state index contributed by atoms with van der Waals surface area (Å²) in [6.45, 7) is 6.86. The van der Waals surface area contributed by atoms with E-state index in [9.17, 15) is 0 Å². The van der Waals surface area contributed by atoms with Gasteiger partial charge in [0.25, 0.3) is 0 Å². The van der Waals surface area contributed by atoms with Crippen molar-refractivity contribution < 1.29 is 4.57 Å². The molecule has 0 aliphatic carbocycles. The number of hydrogen-bond donors (Lipinski definition) is 0. The van der Waals surface area contributed by atoms with Crippen LogP contribution in [0.1, 0.15) is 57.6 Å². The van der Waals surface area contributed by atoms with Gasteiger partial charge in [0, 0.05) is 17.0 Å². The minimum Gasteiger partial charge on any atom is -0.167 e. The number of fused-ring (bicyclic) bond motifs is 3. The van der Waals surface area contributed by atoms with E-state index in [0.717, 1.165) is 12.8 Å². The van der Waals surface area contributed by atoms with Crippen LogP contribution in [0.3, 0.4) is 0 Å². The van der Waals surface area contributed by atoms with Crippen LogP contribution in [0, 0.1) is 0 Å². The lowest BCUT2D eigenvalue weighted by Crippen LogP contribution is -2.29. The normalized spacial score (nSPS) is 14.9. The standard InChI is InChI=1S/C22H28N/c1-4-7-10-18-13-14-21-19-11-8-9-12-20(19)22(5-2,6-3)15-16-23(21)17-18/h8-9,11-17H,4-7,10H2,1-3H3/q+1. The van der Waals surface area contributed by atoms with Gasteiger partial charge in [-0.3, -0.25) is 0 Å². The topological polar surface area (TPSA) is 3.88 Å². The second kappa shape index (κ2) is 6.70. The van der Waals surface area contributed by atoms with Crippen LogP contribution in [0.15, 0.2) is 48.7 Å². The predicted molar refractivity (Wildman–Crippen MR) is 98.3 cm³/mol. The highest BCUT2D eigenvalue weighted by atomic mass is 14.9. The second-order valence-electron chi connectivity index (χ2n) is 6.66. The van der Waals surface area contributed by atoms with E-state index in [1.165, 1.54) is 41.6 Å². The Labute approximate surface area is 140 Å². The number of rotatable bonds is 5. The quantitative estimate of drug-likeness (QED) is 0.640. The summed E-state index contributed by atoms with van der Waals surface area (Å²) >= 11 is 0. The van der Waals surface area contributed by atoms with Gasteiger partial charge in [0.05, 0.1) is 5.56 Å². The lowest BCUT2D eigenvalue weighted by atomic mass is 9.74. The Morgan fingerprint density at radius 2 is 1.74 bits per heavy atom. The predicted octanol–water partition coefficient (Wildman–Crippen LogP) is 5.53. The fourth-order valence-electron chi connectivity index (χ4n) is 3.76. The summed E-state index contributed by atoms with van der Waals surface area (Å²) in [6, 6.07) is 13.5. The molecule has 0 bridgehead atoms. The van der Waals surface area contributed by atoms with Crippen LogP contribution >= 0.6 is 0 Å². The van der Waals surface area contributed by atoms with Crippen molar-refractivity contribution in [2.45, 2.75) is 58.3 Å². The lowest BCUT2D eigenvalue weighted by Gasteiger charge is -2.28. The molecule has 0 N–H and O–H groups in total. The van der Waals surface area contributed by atoms with Crippen LogP contribution in [-0.4, -0.2) is 0 Å². The largest absolute Gasteiger partial charge is 0.218 e. The number of pyridine rings is 1. The molecule has 0 atom stereocenters. The van der Waals surface area contributed by atoms with Crippen LogP contribution in [0.25, 0.3) is 17.5 Å². The van der Waals surface area contributed by atoms with Crippen LogP contribution in [0.4, 0.5) is 0 Å². The maximum absolute atomic E-state index is 2.42. The summed E-state index contributed by atoms with van der Waals surface area (Å²) in [5.74, 6) is 0. The fraction of sp³-hybridized carbons (Fsp3) is 0.409. The molecular weight excluding hydrogens is 278 g/mol. The number of hydrogen-bond acceptors (Lipinski definition) is 0. The molecule has 1 aliphatic heterocycles. The second-order valence-corrected chi connectivity index (χ2v) is 6.66. The van der Waals surface area contributed by atoms with Gasteiger partial charge in [-0.05, 0) is 49.5 Å². The van der Waals surface area contributed by atoms with Gasteiger partial charge in [-0.25, -0.2) is 0 Å². The summed E-state index contributed by atoms with van der Waals surface area (Å²) in [6.07, 6.45) is 13.0. The van der Waals surface area contributed by atoms with Gasteiger partial charge in [0.1, 0.15) is 0 Å². The fourth-order valence-corrected chi connectivity index (χ4v) is 3.76. The van der Waals surface area contributed by atoms with Gasteiger partial charge >= 0.3 is 0 Å².